The number of hydrogen-bond acceptors (Lipinski definition) is 4. The van der Waals surface area contributed by atoms with E-state index in [0.29, 0.717) is 0 Å². The third kappa shape index (κ3) is 3.04. The lowest BCUT2D eigenvalue weighted by molar-refractivity contribution is 0.253. The van der Waals surface area contributed by atoms with Gasteiger partial charge >= 0.3 is 0 Å². The van der Waals surface area contributed by atoms with E-state index in [9.17, 15) is 0 Å². The fourth-order valence-corrected chi connectivity index (χ4v) is 4.90. The molecule has 5 nitrogen and oxygen atoms in total. The Balaban J connectivity index is 1.39. The maximum atomic E-state index is 6.54. The minimum Gasteiger partial charge on any atom is -0.323 e. The average molecular weight is 408 g/mol. The molecule has 1 saturated carbocycles. The van der Waals surface area contributed by atoms with Gasteiger partial charge in [0.05, 0.1) is 12.2 Å². The number of aliphatic imine (C=N–C) groups is 1. The minimum atomic E-state index is -0.138. The molecule has 31 heavy (non-hydrogen) atoms. The minimum absolute atomic E-state index is 0.0196. The molecule has 3 aromatic rings. The van der Waals surface area contributed by atoms with Gasteiger partial charge in [-0.1, -0.05) is 54.6 Å². The van der Waals surface area contributed by atoms with Gasteiger partial charge in [-0.3, -0.25) is 10.1 Å². The topological polar surface area (TPSA) is 70.3 Å². The van der Waals surface area contributed by atoms with Crippen molar-refractivity contribution in [3.05, 3.63) is 108 Å². The van der Waals surface area contributed by atoms with Crippen molar-refractivity contribution < 1.29 is 0 Å². The van der Waals surface area contributed by atoms with Crippen LogP contribution < -0.4 is 5.73 Å². The number of nitrogens with zero attached hydrogens (tertiary/aromatic N) is 3. The third-order valence-corrected chi connectivity index (χ3v) is 6.88. The first kappa shape index (κ1) is 18.3. The molecule has 3 aliphatic rings. The standard InChI is InChI=1S/C26H25N5/c27-26(12-4-13-26)22-9-7-18(8-10-22)24-25(19-5-2-1-3-6-19)31-14-11-20(15-23(31)30-24)21-16-28-29-17-21/h1-3,5-11,14-17,24-25H,4,12-13,27H2,(H,28,29). The van der Waals surface area contributed by atoms with E-state index in [1.165, 1.54) is 23.1 Å². The van der Waals surface area contributed by atoms with Gasteiger partial charge in [-0.15, -0.1) is 0 Å². The van der Waals surface area contributed by atoms with Crippen LogP contribution in [0.5, 0.6) is 0 Å². The average Bonchev–Trinajstić information content (AvgIpc) is 3.46. The quantitative estimate of drug-likeness (QED) is 0.649. The Hall–Kier alpha value is -3.44. The highest BCUT2D eigenvalue weighted by atomic mass is 15.3. The summed E-state index contributed by atoms with van der Waals surface area (Å²) in [5.41, 5.74) is 12.3. The summed E-state index contributed by atoms with van der Waals surface area (Å²) in [6.07, 6.45) is 13.6. The first-order chi connectivity index (χ1) is 15.2. The van der Waals surface area contributed by atoms with Gasteiger partial charge in [-0.25, -0.2) is 0 Å². The second-order valence-electron chi connectivity index (χ2n) is 8.73. The largest absolute Gasteiger partial charge is 0.323 e. The maximum absolute atomic E-state index is 6.54. The first-order valence-corrected chi connectivity index (χ1v) is 10.9. The van der Waals surface area contributed by atoms with Gasteiger partial charge in [0.25, 0.3) is 0 Å². The second kappa shape index (κ2) is 7.06. The van der Waals surface area contributed by atoms with E-state index in [-0.39, 0.29) is 17.6 Å². The van der Waals surface area contributed by atoms with Crippen LogP contribution in [0.15, 0.2) is 90.3 Å². The van der Waals surface area contributed by atoms with Crippen LogP contribution in [0.1, 0.15) is 53.6 Å². The Labute approximate surface area is 182 Å². The van der Waals surface area contributed by atoms with Gasteiger partial charge in [0.2, 0.25) is 0 Å². The molecule has 3 N–H and O–H groups in total. The molecule has 0 bridgehead atoms. The van der Waals surface area contributed by atoms with Crippen LogP contribution in [0, 0.1) is 0 Å². The Morgan fingerprint density at radius 3 is 2.48 bits per heavy atom. The number of aromatic amines is 1. The van der Waals surface area contributed by atoms with Gasteiger partial charge in [0.15, 0.2) is 0 Å². The molecule has 1 aliphatic carbocycles. The summed E-state index contributed by atoms with van der Waals surface area (Å²) in [5.74, 6) is 0.982. The lowest BCUT2D eigenvalue weighted by Gasteiger charge is -2.38. The number of amidine groups is 1. The van der Waals surface area contributed by atoms with Crippen molar-refractivity contribution in [1.29, 1.82) is 0 Å². The molecular weight excluding hydrogens is 382 g/mol. The highest BCUT2D eigenvalue weighted by molar-refractivity contribution is 6.04. The van der Waals surface area contributed by atoms with Crippen molar-refractivity contribution in [3.63, 3.8) is 0 Å². The molecule has 3 heterocycles. The van der Waals surface area contributed by atoms with Crippen molar-refractivity contribution in [1.82, 2.24) is 15.1 Å². The zero-order valence-corrected chi connectivity index (χ0v) is 17.3. The summed E-state index contributed by atoms with van der Waals surface area (Å²) in [5, 5.41) is 6.98. The van der Waals surface area contributed by atoms with E-state index in [0.717, 1.165) is 29.8 Å². The number of allylic oxidation sites excluding steroid dienone is 2. The monoisotopic (exact) mass is 407 g/mol. The van der Waals surface area contributed by atoms with Crippen LogP contribution in [0.2, 0.25) is 0 Å². The number of H-pyrrole nitrogens is 1. The molecule has 2 unspecified atom stereocenters. The molecule has 6 rings (SSSR count). The van der Waals surface area contributed by atoms with Crippen molar-refractivity contribution in [2.75, 3.05) is 0 Å². The summed E-state index contributed by atoms with van der Waals surface area (Å²) < 4.78 is 0. The number of benzene rings is 2. The van der Waals surface area contributed by atoms with Crippen molar-refractivity contribution in [2.24, 2.45) is 10.7 Å². The summed E-state index contributed by atoms with van der Waals surface area (Å²) in [6.45, 7) is 0. The molecule has 0 radical (unpaired) electrons. The molecule has 0 saturated heterocycles. The van der Waals surface area contributed by atoms with Crippen LogP contribution in [0.4, 0.5) is 0 Å². The Kier molecular flexibility index (Phi) is 4.18. The zero-order chi connectivity index (χ0) is 20.8. The predicted molar refractivity (Wildman–Crippen MR) is 123 cm³/mol. The number of nitrogens with two attached hydrogens (primary N) is 1. The summed E-state index contributed by atoms with van der Waals surface area (Å²) in [6, 6.07) is 19.6. The fourth-order valence-electron chi connectivity index (χ4n) is 4.90. The van der Waals surface area contributed by atoms with Crippen LogP contribution in [-0.2, 0) is 5.54 Å². The summed E-state index contributed by atoms with van der Waals surface area (Å²) >= 11 is 0. The molecule has 0 spiro atoms. The van der Waals surface area contributed by atoms with Crippen molar-refractivity contribution >= 4 is 11.4 Å². The molecule has 2 aromatic carbocycles. The predicted octanol–water partition coefficient (Wildman–Crippen LogP) is 4.86. The number of aromatic nitrogens is 2. The van der Waals surface area contributed by atoms with Gasteiger partial charge < -0.3 is 10.6 Å². The number of rotatable bonds is 4. The number of nitrogens with one attached hydrogen (secondary N) is 1. The third-order valence-electron chi connectivity index (χ3n) is 6.88. The lowest BCUT2D eigenvalue weighted by atomic mass is 9.72. The van der Waals surface area contributed by atoms with E-state index >= 15 is 0 Å². The smallest absolute Gasteiger partial charge is 0.129 e. The van der Waals surface area contributed by atoms with E-state index < -0.39 is 0 Å². The van der Waals surface area contributed by atoms with E-state index in [2.05, 4.69) is 88.0 Å². The molecule has 2 atom stereocenters. The van der Waals surface area contributed by atoms with Crippen LogP contribution >= 0.6 is 0 Å². The highest BCUT2D eigenvalue weighted by Crippen LogP contribution is 2.45. The van der Waals surface area contributed by atoms with Crippen molar-refractivity contribution in [3.8, 4) is 0 Å². The molecule has 0 amide bonds. The highest BCUT2D eigenvalue weighted by Gasteiger charge is 2.38. The molecule has 5 heteroatoms. The molecule has 2 aliphatic heterocycles. The fraction of sp³-hybridized carbons (Fsp3) is 0.231. The van der Waals surface area contributed by atoms with Crippen LogP contribution in [0.25, 0.3) is 5.57 Å². The Morgan fingerprint density at radius 2 is 1.81 bits per heavy atom. The maximum Gasteiger partial charge on any atom is 0.129 e. The lowest BCUT2D eigenvalue weighted by Crippen LogP contribution is -2.43. The second-order valence-corrected chi connectivity index (χ2v) is 8.73. The Bertz CT molecular complexity index is 1170. The first-order valence-electron chi connectivity index (χ1n) is 10.9. The molecule has 154 valence electrons. The SMILES string of the molecule is NC1(c2ccc(C3N=C4C=C(c5cn[nH]c5)C=CN4C3c3ccccc3)cc2)CCC1. The van der Waals surface area contributed by atoms with Crippen LogP contribution in [-0.4, -0.2) is 20.9 Å². The normalized spacial score (nSPS) is 23.7. The summed E-state index contributed by atoms with van der Waals surface area (Å²) in [7, 11) is 0. The van der Waals surface area contributed by atoms with E-state index in [1.807, 2.05) is 12.4 Å². The van der Waals surface area contributed by atoms with Gasteiger partial charge in [-0.2, -0.15) is 5.10 Å². The molecule has 1 aromatic heterocycles. The number of fused-ring (bicyclic) bond motifs is 1. The Morgan fingerprint density at radius 1 is 1.00 bits per heavy atom. The molecule has 1 fully saturated rings. The van der Waals surface area contributed by atoms with E-state index in [4.69, 9.17) is 10.7 Å². The van der Waals surface area contributed by atoms with E-state index in [1.54, 1.807) is 0 Å². The summed E-state index contributed by atoms with van der Waals surface area (Å²) in [4.78, 5) is 7.46. The van der Waals surface area contributed by atoms with Gasteiger partial charge in [0, 0.05) is 23.5 Å². The number of hydrogen-bond donors (Lipinski definition) is 2. The van der Waals surface area contributed by atoms with Gasteiger partial charge in [0.1, 0.15) is 11.9 Å². The molecular formula is C26H25N5. The van der Waals surface area contributed by atoms with Gasteiger partial charge in [-0.05, 0) is 53.7 Å². The zero-order valence-electron chi connectivity index (χ0n) is 17.3. The van der Waals surface area contributed by atoms with Crippen LogP contribution in [0.3, 0.4) is 0 Å². The van der Waals surface area contributed by atoms with Crippen molar-refractivity contribution in [2.45, 2.75) is 36.9 Å².